The lowest BCUT2D eigenvalue weighted by molar-refractivity contribution is 0.0976. The summed E-state index contributed by atoms with van der Waals surface area (Å²) < 4.78 is 14.6. The van der Waals surface area contributed by atoms with Gasteiger partial charge in [-0.15, -0.1) is 0 Å². The third-order valence-corrected chi connectivity index (χ3v) is 4.09. The molecule has 0 bridgehead atoms. The summed E-state index contributed by atoms with van der Waals surface area (Å²) in [5, 5.41) is 9.33. The molecule has 0 heterocycles. The first-order chi connectivity index (χ1) is 9.56. The SMILES string of the molecule is N#CC(C(=O)c1ccccc1I)c1c(F)cccc1Cl. The number of carbonyl (C=O) groups is 1. The Morgan fingerprint density at radius 1 is 1.25 bits per heavy atom. The van der Waals surface area contributed by atoms with Gasteiger partial charge in [-0.1, -0.05) is 35.9 Å². The molecule has 2 rings (SSSR count). The van der Waals surface area contributed by atoms with Crippen molar-refractivity contribution >= 4 is 40.0 Å². The summed E-state index contributed by atoms with van der Waals surface area (Å²) in [4.78, 5) is 12.4. The van der Waals surface area contributed by atoms with E-state index in [1.807, 2.05) is 28.7 Å². The monoisotopic (exact) mass is 399 g/mol. The fourth-order valence-corrected chi connectivity index (χ4v) is 2.78. The molecule has 0 aromatic heterocycles. The van der Waals surface area contributed by atoms with E-state index in [-0.39, 0.29) is 10.6 Å². The Morgan fingerprint density at radius 3 is 2.55 bits per heavy atom. The number of nitrogens with zero attached hydrogens (tertiary/aromatic N) is 1. The van der Waals surface area contributed by atoms with Crippen molar-refractivity contribution in [3.05, 3.63) is 68.0 Å². The quantitative estimate of drug-likeness (QED) is 0.560. The number of ketones is 1. The molecule has 0 fully saturated rings. The first-order valence-corrected chi connectivity index (χ1v) is 7.14. The first-order valence-electron chi connectivity index (χ1n) is 5.68. The topological polar surface area (TPSA) is 40.9 Å². The standard InChI is InChI=1S/C15H8ClFINO/c16-11-5-3-6-12(17)14(11)10(8-19)15(20)9-4-1-2-7-13(9)18/h1-7,10H. The zero-order valence-electron chi connectivity index (χ0n) is 10.1. The lowest BCUT2D eigenvalue weighted by Crippen LogP contribution is -2.14. The van der Waals surface area contributed by atoms with Crippen LogP contribution < -0.4 is 0 Å². The number of nitriles is 1. The third-order valence-electron chi connectivity index (χ3n) is 2.82. The molecule has 0 aliphatic heterocycles. The second-order valence-electron chi connectivity index (χ2n) is 4.04. The number of hydrogen-bond acceptors (Lipinski definition) is 2. The van der Waals surface area contributed by atoms with E-state index in [9.17, 15) is 14.4 Å². The highest BCUT2D eigenvalue weighted by Crippen LogP contribution is 2.30. The number of rotatable bonds is 3. The molecule has 100 valence electrons. The Balaban J connectivity index is 2.52. The fourth-order valence-electron chi connectivity index (χ4n) is 1.86. The summed E-state index contributed by atoms with van der Waals surface area (Å²) in [6, 6.07) is 12.8. The maximum absolute atomic E-state index is 13.9. The summed E-state index contributed by atoms with van der Waals surface area (Å²) in [5.41, 5.74) is 0.320. The van der Waals surface area contributed by atoms with Crippen molar-refractivity contribution in [2.45, 2.75) is 5.92 Å². The average molecular weight is 400 g/mol. The Bertz CT molecular complexity index is 691. The second-order valence-corrected chi connectivity index (χ2v) is 5.61. The van der Waals surface area contributed by atoms with E-state index in [2.05, 4.69) is 0 Å². The molecule has 2 aromatic carbocycles. The van der Waals surface area contributed by atoms with Crippen LogP contribution in [0.1, 0.15) is 21.8 Å². The minimum absolute atomic E-state index is 0.0682. The minimum Gasteiger partial charge on any atom is -0.292 e. The number of benzene rings is 2. The van der Waals surface area contributed by atoms with Gasteiger partial charge < -0.3 is 0 Å². The maximum atomic E-state index is 13.9. The van der Waals surface area contributed by atoms with Gasteiger partial charge in [0.15, 0.2) is 5.78 Å². The zero-order valence-corrected chi connectivity index (χ0v) is 13.0. The number of Topliss-reactive ketones (excluding diaryl/α,β-unsaturated/α-hetero) is 1. The van der Waals surface area contributed by atoms with Crippen LogP contribution in [0.15, 0.2) is 42.5 Å². The Kier molecular flexibility index (Phi) is 4.73. The summed E-state index contributed by atoms with van der Waals surface area (Å²) in [7, 11) is 0. The Morgan fingerprint density at radius 2 is 1.95 bits per heavy atom. The van der Waals surface area contributed by atoms with Crippen molar-refractivity contribution in [1.82, 2.24) is 0 Å². The van der Waals surface area contributed by atoms with Crippen LogP contribution >= 0.6 is 34.2 Å². The van der Waals surface area contributed by atoms with Crippen LogP contribution in [-0.2, 0) is 0 Å². The summed E-state index contributed by atoms with van der Waals surface area (Å²) >= 11 is 7.93. The van der Waals surface area contributed by atoms with Gasteiger partial charge in [0.05, 0.1) is 6.07 Å². The fraction of sp³-hybridized carbons (Fsp3) is 0.0667. The van der Waals surface area contributed by atoms with Crippen molar-refractivity contribution in [2.75, 3.05) is 0 Å². The summed E-state index contributed by atoms with van der Waals surface area (Å²) in [6.45, 7) is 0. The van der Waals surface area contributed by atoms with Crippen LogP contribution in [0.25, 0.3) is 0 Å². The van der Waals surface area contributed by atoms with Gasteiger partial charge in [-0.05, 0) is 40.8 Å². The number of halogens is 3. The van der Waals surface area contributed by atoms with E-state index in [0.29, 0.717) is 9.13 Å². The van der Waals surface area contributed by atoms with Gasteiger partial charge >= 0.3 is 0 Å². The van der Waals surface area contributed by atoms with E-state index in [1.165, 1.54) is 18.2 Å². The van der Waals surface area contributed by atoms with Crippen LogP contribution in [0, 0.1) is 20.7 Å². The van der Waals surface area contributed by atoms with E-state index >= 15 is 0 Å². The summed E-state index contributed by atoms with van der Waals surface area (Å²) in [5.74, 6) is -2.35. The molecule has 0 saturated heterocycles. The molecule has 20 heavy (non-hydrogen) atoms. The van der Waals surface area contributed by atoms with Gasteiger partial charge in [-0.3, -0.25) is 4.79 Å². The average Bonchev–Trinajstić information content (AvgIpc) is 2.43. The molecule has 2 aromatic rings. The highest BCUT2D eigenvalue weighted by atomic mass is 127. The van der Waals surface area contributed by atoms with Crippen molar-refractivity contribution < 1.29 is 9.18 Å². The van der Waals surface area contributed by atoms with Crippen molar-refractivity contribution in [3.8, 4) is 6.07 Å². The lowest BCUT2D eigenvalue weighted by atomic mass is 9.91. The first kappa shape index (κ1) is 14.9. The molecular weight excluding hydrogens is 392 g/mol. The van der Waals surface area contributed by atoms with Gasteiger partial charge in [-0.2, -0.15) is 5.26 Å². The van der Waals surface area contributed by atoms with Crippen LogP contribution in [0.3, 0.4) is 0 Å². The Hall–Kier alpha value is -1.45. The maximum Gasteiger partial charge on any atom is 0.185 e. The molecule has 0 N–H and O–H groups in total. The minimum atomic E-state index is -1.25. The second kappa shape index (κ2) is 6.33. The highest BCUT2D eigenvalue weighted by molar-refractivity contribution is 14.1. The van der Waals surface area contributed by atoms with Crippen LogP contribution in [-0.4, -0.2) is 5.78 Å². The molecule has 0 amide bonds. The van der Waals surface area contributed by atoms with Crippen molar-refractivity contribution in [1.29, 1.82) is 5.26 Å². The molecule has 1 atom stereocenters. The molecule has 0 saturated carbocycles. The number of carbonyl (C=O) groups excluding carboxylic acids is 1. The van der Waals surface area contributed by atoms with Gasteiger partial charge in [-0.25, -0.2) is 4.39 Å². The normalized spacial score (nSPS) is 11.7. The van der Waals surface area contributed by atoms with Crippen LogP contribution in [0.5, 0.6) is 0 Å². The predicted octanol–water partition coefficient (Wildman–Crippen LogP) is 4.57. The highest BCUT2D eigenvalue weighted by Gasteiger charge is 2.27. The van der Waals surface area contributed by atoms with E-state index in [1.54, 1.807) is 24.3 Å². The molecule has 1 unspecified atom stereocenters. The zero-order chi connectivity index (χ0) is 14.7. The molecule has 0 aliphatic rings. The molecule has 0 aliphatic carbocycles. The van der Waals surface area contributed by atoms with Crippen molar-refractivity contribution in [2.24, 2.45) is 0 Å². The van der Waals surface area contributed by atoms with Crippen LogP contribution in [0.2, 0.25) is 5.02 Å². The van der Waals surface area contributed by atoms with Crippen LogP contribution in [0.4, 0.5) is 4.39 Å². The molecule has 2 nitrogen and oxygen atoms in total. The molecular formula is C15H8ClFINO. The number of hydrogen-bond donors (Lipinski definition) is 0. The largest absolute Gasteiger partial charge is 0.292 e. The molecule has 0 radical (unpaired) electrons. The van der Waals surface area contributed by atoms with Gasteiger partial charge in [0.1, 0.15) is 11.7 Å². The summed E-state index contributed by atoms with van der Waals surface area (Å²) in [6.07, 6.45) is 0. The third kappa shape index (κ3) is 2.84. The smallest absolute Gasteiger partial charge is 0.185 e. The van der Waals surface area contributed by atoms with Gasteiger partial charge in [0.25, 0.3) is 0 Å². The van der Waals surface area contributed by atoms with E-state index in [4.69, 9.17) is 11.6 Å². The Labute approximate surface area is 134 Å². The lowest BCUT2D eigenvalue weighted by Gasteiger charge is -2.12. The van der Waals surface area contributed by atoms with Crippen molar-refractivity contribution in [3.63, 3.8) is 0 Å². The molecule has 0 spiro atoms. The van der Waals surface area contributed by atoms with E-state index in [0.717, 1.165) is 0 Å². The van der Waals surface area contributed by atoms with Gasteiger partial charge in [0.2, 0.25) is 0 Å². The van der Waals surface area contributed by atoms with E-state index < -0.39 is 17.5 Å². The predicted molar refractivity (Wildman–Crippen MR) is 83.3 cm³/mol. The van der Waals surface area contributed by atoms with Gasteiger partial charge in [0, 0.05) is 19.7 Å². The molecule has 5 heteroatoms.